The molecule has 2 aromatic rings. The molecular weight excluding hydrogens is 331 g/mol. The topological polar surface area (TPSA) is 38.2 Å². The molecule has 7 heteroatoms. The standard InChI is InChI=1S/C18H22F3N3O/c1-5-13-6-8-14(9-7-13)24(4)16-15(18(19,20)21)10-22-17(23-16)25-11-12(2)3/h6-10,12H,5,11H2,1-4H3. The van der Waals surface area contributed by atoms with Crippen molar-refractivity contribution in [2.45, 2.75) is 33.4 Å². The fourth-order valence-corrected chi connectivity index (χ4v) is 2.20. The summed E-state index contributed by atoms with van der Waals surface area (Å²) in [5, 5.41) is 0. The first kappa shape index (κ1) is 19.0. The number of alkyl halides is 3. The molecule has 0 amide bonds. The highest BCUT2D eigenvalue weighted by Crippen LogP contribution is 2.37. The second-order valence-corrected chi connectivity index (χ2v) is 6.17. The first-order chi connectivity index (χ1) is 11.7. The lowest BCUT2D eigenvalue weighted by molar-refractivity contribution is -0.137. The molecule has 1 aromatic carbocycles. The number of halogens is 3. The van der Waals surface area contributed by atoms with Gasteiger partial charge >= 0.3 is 12.2 Å². The molecule has 0 unspecified atom stereocenters. The fourth-order valence-electron chi connectivity index (χ4n) is 2.20. The molecule has 1 aromatic heterocycles. The molecule has 1 heterocycles. The van der Waals surface area contributed by atoms with E-state index in [1.165, 1.54) is 4.90 Å². The maximum Gasteiger partial charge on any atom is 0.421 e. The summed E-state index contributed by atoms with van der Waals surface area (Å²) < 4.78 is 45.4. The molecular formula is C18H22F3N3O. The number of ether oxygens (including phenoxy) is 1. The lowest BCUT2D eigenvalue weighted by Gasteiger charge is -2.23. The molecule has 0 aliphatic rings. The zero-order valence-corrected chi connectivity index (χ0v) is 14.8. The van der Waals surface area contributed by atoms with Crippen LogP contribution in [0.25, 0.3) is 0 Å². The van der Waals surface area contributed by atoms with Gasteiger partial charge in [-0.15, -0.1) is 0 Å². The summed E-state index contributed by atoms with van der Waals surface area (Å²) in [7, 11) is 1.55. The smallest absolute Gasteiger partial charge is 0.421 e. The van der Waals surface area contributed by atoms with Gasteiger partial charge in [-0.05, 0) is 30.0 Å². The highest BCUT2D eigenvalue weighted by molar-refractivity contribution is 5.63. The Kier molecular flexibility index (Phi) is 5.87. The van der Waals surface area contributed by atoms with Crippen LogP contribution >= 0.6 is 0 Å². The van der Waals surface area contributed by atoms with Gasteiger partial charge in [0.05, 0.1) is 6.61 Å². The van der Waals surface area contributed by atoms with Crippen LogP contribution in [0.5, 0.6) is 6.01 Å². The second kappa shape index (κ2) is 7.72. The van der Waals surface area contributed by atoms with E-state index in [2.05, 4.69) is 9.97 Å². The number of nitrogens with zero attached hydrogens (tertiary/aromatic N) is 3. The van der Waals surface area contributed by atoms with Crippen molar-refractivity contribution in [2.75, 3.05) is 18.6 Å². The van der Waals surface area contributed by atoms with Gasteiger partial charge in [-0.2, -0.15) is 18.2 Å². The number of hydrogen-bond acceptors (Lipinski definition) is 4. The van der Waals surface area contributed by atoms with Crippen molar-refractivity contribution in [2.24, 2.45) is 5.92 Å². The Morgan fingerprint density at radius 1 is 1.16 bits per heavy atom. The largest absolute Gasteiger partial charge is 0.463 e. The molecule has 0 atom stereocenters. The molecule has 0 saturated carbocycles. The molecule has 0 fully saturated rings. The predicted molar refractivity (Wildman–Crippen MR) is 91.3 cm³/mol. The van der Waals surface area contributed by atoms with E-state index in [-0.39, 0.29) is 17.7 Å². The number of anilines is 2. The summed E-state index contributed by atoms with van der Waals surface area (Å²) in [5.41, 5.74) is 0.819. The molecule has 0 spiro atoms. The summed E-state index contributed by atoms with van der Waals surface area (Å²) in [4.78, 5) is 9.10. The van der Waals surface area contributed by atoms with Crippen molar-refractivity contribution in [3.8, 4) is 6.01 Å². The number of aromatic nitrogens is 2. The van der Waals surface area contributed by atoms with Crippen molar-refractivity contribution in [1.82, 2.24) is 9.97 Å². The van der Waals surface area contributed by atoms with E-state index in [4.69, 9.17) is 4.74 Å². The van der Waals surface area contributed by atoms with E-state index in [1.807, 2.05) is 32.9 Å². The molecule has 0 bridgehead atoms. The SMILES string of the molecule is CCc1ccc(N(C)c2nc(OCC(C)C)ncc2C(F)(F)F)cc1. The summed E-state index contributed by atoms with van der Waals surface area (Å²) in [5.74, 6) is -0.0147. The van der Waals surface area contributed by atoms with Gasteiger partial charge in [0.15, 0.2) is 5.82 Å². The van der Waals surface area contributed by atoms with Crippen LogP contribution in [0.3, 0.4) is 0 Å². The molecule has 136 valence electrons. The zero-order chi connectivity index (χ0) is 18.6. The van der Waals surface area contributed by atoms with Crippen LogP contribution in [0.2, 0.25) is 0 Å². The molecule has 25 heavy (non-hydrogen) atoms. The Balaban J connectivity index is 2.41. The minimum absolute atomic E-state index is 0.0614. The second-order valence-electron chi connectivity index (χ2n) is 6.17. The third-order valence-corrected chi connectivity index (χ3v) is 3.65. The Morgan fingerprint density at radius 3 is 2.32 bits per heavy atom. The molecule has 0 aliphatic heterocycles. The Morgan fingerprint density at radius 2 is 1.80 bits per heavy atom. The molecule has 4 nitrogen and oxygen atoms in total. The van der Waals surface area contributed by atoms with Crippen molar-refractivity contribution in [1.29, 1.82) is 0 Å². The highest BCUT2D eigenvalue weighted by atomic mass is 19.4. The van der Waals surface area contributed by atoms with E-state index < -0.39 is 11.7 Å². The third-order valence-electron chi connectivity index (χ3n) is 3.65. The first-order valence-electron chi connectivity index (χ1n) is 8.12. The van der Waals surface area contributed by atoms with Crippen molar-refractivity contribution in [3.63, 3.8) is 0 Å². The van der Waals surface area contributed by atoms with Crippen LogP contribution < -0.4 is 9.64 Å². The van der Waals surface area contributed by atoms with Crippen LogP contribution in [0.1, 0.15) is 31.9 Å². The van der Waals surface area contributed by atoms with E-state index in [0.717, 1.165) is 18.2 Å². The van der Waals surface area contributed by atoms with Crippen LogP contribution in [0, 0.1) is 5.92 Å². The molecule has 0 aliphatic carbocycles. The van der Waals surface area contributed by atoms with Gasteiger partial charge in [-0.25, -0.2) is 4.98 Å². The molecule has 2 rings (SSSR count). The van der Waals surface area contributed by atoms with Crippen molar-refractivity contribution >= 4 is 11.5 Å². The van der Waals surface area contributed by atoms with Crippen LogP contribution in [-0.4, -0.2) is 23.6 Å². The number of benzene rings is 1. The Labute approximate surface area is 145 Å². The summed E-state index contributed by atoms with van der Waals surface area (Å²) in [6, 6.07) is 7.26. The van der Waals surface area contributed by atoms with E-state index >= 15 is 0 Å². The summed E-state index contributed by atoms with van der Waals surface area (Å²) >= 11 is 0. The van der Waals surface area contributed by atoms with Gasteiger partial charge in [0.25, 0.3) is 0 Å². The lowest BCUT2D eigenvalue weighted by atomic mass is 10.1. The lowest BCUT2D eigenvalue weighted by Crippen LogP contribution is -2.20. The maximum absolute atomic E-state index is 13.3. The summed E-state index contributed by atoms with van der Waals surface area (Å²) in [6.45, 7) is 6.22. The zero-order valence-electron chi connectivity index (χ0n) is 14.8. The van der Waals surface area contributed by atoms with Crippen LogP contribution in [0.4, 0.5) is 24.7 Å². The van der Waals surface area contributed by atoms with Crippen LogP contribution in [0.15, 0.2) is 30.5 Å². The van der Waals surface area contributed by atoms with Gasteiger partial charge < -0.3 is 9.64 Å². The number of rotatable bonds is 6. The van der Waals surface area contributed by atoms with Gasteiger partial charge in [0.2, 0.25) is 0 Å². The average molecular weight is 353 g/mol. The number of hydrogen-bond donors (Lipinski definition) is 0. The first-order valence-corrected chi connectivity index (χ1v) is 8.12. The quantitative estimate of drug-likeness (QED) is 0.743. The fraction of sp³-hybridized carbons (Fsp3) is 0.444. The monoisotopic (exact) mass is 353 g/mol. The van der Waals surface area contributed by atoms with Crippen molar-refractivity contribution < 1.29 is 17.9 Å². The van der Waals surface area contributed by atoms with E-state index in [9.17, 15) is 13.2 Å². The highest BCUT2D eigenvalue weighted by Gasteiger charge is 2.36. The third kappa shape index (κ3) is 4.84. The molecule has 0 saturated heterocycles. The predicted octanol–water partition coefficient (Wildman–Crippen LogP) is 4.86. The molecule has 0 N–H and O–H groups in total. The minimum Gasteiger partial charge on any atom is -0.463 e. The molecule has 0 radical (unpaired) electrons. The van der Waals surface area contributed by atoms with E-state index in [0.29, 0.717) is 12.3 Å². The van der Waals surface area contributed by atoms with Gasteiger partial charge in [0.1, 0.15) is 5.56 Å². The Bertz CT molecular complexity index is 700. The number of aryl methyl sites for hydroxylation is 1. The van der Waals surface area contributed by atoms with Crippen LogP contribution in [-0.2, 0) is 12.6 Å². The van der Waals surface area contributed by atoms with E-state index in [1.54, 1.807) is 19.2 Å². The van der Waals surface area contributed by atoms with Gasteiger partial charge in [-0.3, -0.25) is 0 Å². The van der Waals surface area contributed by atoms with Gasteiger partial charge in [0, 0.05) is 18.9 Å². The Hall–Kier alpha value is -2.31. The summed E-state index contributed by atoms with van der Waals surface area (Å²) in [6.07, 6.45) is -2.92. The minimum atomic E-state index is -4.55. The average Bonchev–Trinajstić information content (AvgIpc) is 2.58. The normalized spacial score (nSPS) is 11.7. The maximum atomic E-state index is 13.3. The van der Waals surface area contributed by atoms with Crippen molar-refractivity contribution in [3.05, 3.63) is 41.6 Å². The van der Waals surface area contributed by atoms with Gasteiger partial charge in [-0.1, -0.05) is 32.9 Å².